The van der Waals surface area contributed by atoms with Crippen molar-refractivity contribution < 1.29 is 19.4 Å². The molecule has 0 aromatic heterocycles. The van der Waals surface area contributed by atoms with Crippen molar-refractivity contribution in [2.24, 2.45) is 5.92 Å². The molecule has 1 aromatic rings. The molecule has 4 rings (SSSR count). The van der Waals surface area contributed by atoms with Crippen LogP contribution in [0.1, 0.15) is 30.4 Å². The van der Waals surface area contributed by atoms with Crippen LogP contribution < -0.4 is 4.74 Å². The van der Waals surface area contributed by atoms with E-state index in [0.717, 1.165) is 30.5 Å². The lowest BCUT2D eigenvalue weighted by atomic mass is 9.51. The van der Waals surface area contributed by atoms with Crippen LogP contribution in [0, 0.1) is 5.92 Å². The van der Waals surface area contributed by atoms with Crippen molar-refractivity contribution in [2.45, 2.75) is 43.2 Å². The molecule has 1 aromatic carbocycles. The number of halogens is 1. The first kappa shape index (κ1) is 17.1. The van der Waals surface area contributed by atoms with Gasteiger partial charge in [-0.05, 0) is 44.3 Å². The van der Waals surface area contributed by atoms with Crippen molar-refractivity contribution >= 4 is 17.4 Å². The molecular formula is C19H24ClNO4. The number of aromatic hydroxyl groups is 1. The number of ketones is 1. The molecule has 0 spiro atoms. The van der Waals surface area contributed by atoms with E-state index in [2.05, 4.69) is 11.9 Å². The van der Waals surface area contributed by atoms with Crippen molar-refractivity contribution in [1.82, 2.24) is 4.90 Å². The molecule has 1 heterocycles. The second-order valence-electron chi connectivity index (χ2n) is 7.63. The SMILES string of the molecule is COc1cc(Cl)c2c(c1O)[C@@]13CCN(C)[C@@H](C2)[C@H]1CC(OC)C(=O)C3. The van der Waals surface area contributed by atoms with Crippen molar-refractivity contribution in [3.8, 4) is 11.5 Å². The number of phenols is 1. The van der Waals surface area contributed by atoms with Gasteiger partial charge in [-0.2, -0.15) is 0 Å². The average molecular weight is 366 g/mol. The molecule has 2 aliphatic carbocycles. The first-order valence-corrected chi connectivity index (χ1v) is 9.15. The van der Waals surface area contributed by atoms with Gasteiger partial charge in [0.05, 0.1) is 7.11 Å². The number of ether oxygens (including phenoxy) is 2. The zero-order valence-electron chi connectivity index (χ0n) is 14.8. The third kappa shape index (κ3) is 2.25. The maximum atomic E-state index is 12.7. The standard InChI is InChI=1S/C19H24ClNO4/c1-21-5-4-19-9-14(22)15(24-2)7-11(19)13(21)6-10-12(20)8-16(25-3)18(23)17(10)19/h8,11,13,15,23H,4-7,9H2,1-3H3/t11-,13+,15?,19-/m1/s1. The number of Topliss-reactive ketones (excluding diaryl/α,β-unsaturated/α-hetero) is 1. The van der Waals surface area contributed by atoms with Gasteiger partial charge in [0, 0.05) is 41.6 Å². The third-order valence-corrected chi connectivity index (χ3v) is 7.04. The highest BCUT2D eigenvalue weighted by Gasteiger charge is 2.58. The molecule has 2 fully saturated rings. The van der Waals surface area contributed by atoms with Crippen molar-refractivity contribution in [1.29, 1.82) is 0 Å². The number of likely N-dealkylation sites (N-methyl/N-ethyl adjacent to an activating group) is 1. The van der Waals surface area contributed by atoms with Gasteiger partial charge in [-0.1, -0.05) is 11.6 Å². The Labute approximate surface area is 152 Å². The fourth-order valence-corrected chi connectivity index (χ4v) is 5.74. The van der Waals surface area contributed by atoms with E-state index in [-0.39, 0.29) is 29.0 Å². The van der Waals surface area contributed by atoms with E-state index >= 15 is 0 Å². The Morgan fingerprint density at radius 2 is 2.16 bits per heavy atom. The summed E-state index contributed by atoms with van der Waals surface area (Å²) < 4.78 is 10.8. The number of rotatable bonds is 2. The molecule has 1 saturated carbocycles. The zero-order valence-corrected chi connectivity index (χ0v) is 15.6. The summed E-state index contributed by atoms with van der Waals surface area (Å²) in [5.41, 5.74) is 1.43. The maximum Gasteiger partial charge on any atom is 0.162 e. The van der Waals surface area contributed by atoms with Crippen molar-refractivity contribution in [3.05, 3.63) is 22.2 Å². The van der Waals surface area contributed by atoms with E-state index in [1.807, 2.05) is 0 Å². The Morgan fingerprint density at radius 3 is 2.84 bits per heavy atom. The van der Waals surface area contributed by atoms with Gasteiger partial charge in [0.25, 0.3) is 0 Å². The van der Waals surface area contributed by atoms with E-state index in [1.165, 1.54) is 7.11 Å². The summed E-state index contributed by atoms with van der Waals surface area (Å²) in [7, 11) is 5.27. The number of carbonyl (C=O) groups excluding carboxylic acids is 1. The predicted octanol–water partition coefficient (Wildman–Crippen LogP) is 2.55. The average Bonchev–Trinajstić information content (AvgIpc) is 2.59. The number of methoxy groups -OCH3 is 2. The van der Waals surface area contributed by atoms with Crippen molar-refractivity contribution in [3.63, 3.8) is 0 Å². The fraction of sp³-hybridized carbons (Fsp3) is 0.632. The van der Waals surface area contributed by atoms with Crippen LogP contribution in [-0.2, 0) is 21.4 Å². The van der Waals surface area contributed by atoms with Crippen LogP contribution >= 0.6 is 11.6 Å². The van der Waals surface area contributed by atoms with Crippen LogP contribution in [0.15, 0.2) is 6.07 Å². The lowest BCUT2D eigenvalue weighted by Crippen LogP contribution is -2.63. The smallest absolute Gasteiger partial charge is 0.162 e. The minimum Gasteiger partial charge on any atom is -0.504 e. The third-order valence-electron chi connectivity index (χ3n) is 6.70. The summed E-state index contributed by atoms with van der Waals surface area (Å²) in [6, 6.07) is 1.99. The summed E-state index contributed by atoms with van der Waals surface area (Å²) >= 11 is 6.56. The molecule has 5 nitrogen and oxygen atoms in total. The number of carbonyl (C=O) groups is 1. The van der Waals surface area contributed by atoms with Crippen LogP contribution in [0.25, 0.3) is 0 Å². The minimum atomic E-state index is -0.376. The van der Waals surface area contributed by atoms with E-state index in [4.69, 9.17) is 21.1 Å². The van der Waals surface area contributed by atoms with E-state index in [9.17, 15) is 9.90 Å². The van der Waals surface area contributed by atoms with Crippen LogP contribution in [-0.4, -0.2) is 55.7 Å². The Hall–Kier alpha value is -1.30. The van der Waals surface area contributed by atoms with Crippen LogP contribution in [0.5, 0.6) is 11.5 Å². The summed E-state index contributed by atoms with van der Waals surface area (Å²) in [5, 5.41) is 11.6. The van der Waals surface area contributed by atoms with Gasteiger partial charge in [-0.25, -0.2) is 0 Å². The number of phenolic OH excluding ortho intramolecular Hbond substituents is 1. The minimum absolute atomic E-state index is 0.119. The Kier molecular flexibility index (Phi) is 4.02. The second-order valence-corrected chi connectivity index (χ2v) is 8.04. The molecular weight excluding hydrogens is 342 g/mol. The topological polar surface area (TPSA) is 59.0 Å². The summed E-state index contributed by atoms with van der Waals surface area (Å²) in [5.74, 6) is 0.915. The summed E-state index contributed by atoms with van der Waals surface area (Å²) in [4.78, 5) is 15.1. The molecule has 25 heavy (non-hydrogen) atoms. The van der Waals surface area contributed by atoms with Gasteiger partial charge in [0.2, 0.25) is 0 Å². The first-order chi connectivity index (χ1) is 11.9. The fourth-order valence-electron chi connectivity index (χ4n) is 5.47. The highest BCUT2D eigenvalue weighted by molar-refractivity contribution is 6.31. The number of hydrogen-bond donors (Lipinski definition) is 1. The Balaban J connectivity index is 1.95. The lowest BCUT2D eigenvalue weighted by Gasteiger charge is -2.58. The molecule has 4 atom stereocenters. The molecule has 3 aliphatic rings. The molecule has 1 aliphatic heterocycles. The number of likely N-dealkylation sites (tertiary alicyclic amines) is 1. The van der Waals surface area contributed by atoms with Gasteiger partial charge in [0.1, 0.15) is 6.10 Å². The Morgan fingerprint density at radius 1 is 1.40 bits per heavy atom. The molecule has 2 bridgehead atoms. The summed E-state index contributed by atoms with van der Waals surface area (Å²) in [6.07, 6.45) is 2.34. The number of nitrogens with zero attached hydrogens (tertiary/aromatic N) is 1. The van der Waals surface area contributed by atoms with Crippen LogP contribution in [0.4, 0.5) is 0 Å². The number of piperidine rings is 1. The van der Waals surface area contributed by atoms with E-state index < -0.39 is 0 Å². The number of fused-ring (bicyclic) bond motifs is 1. The maximum absolute atomic E-state index is 12.7. The van der Waals surface area contributed by atoms with Gasteiger partial charge in [0.15, 0.2) is 17.3 Å². The molecule has 136 valence electrons. The molecule has 1 saturated heterocycles. The quantitative estimate of drug-likeness (QED) is 0.872. The predicted molar refractivity (Wildman–Crippen MR) is 94.6 cm³/mol. The lowest BCUT2D eigenvalue weighted by molar-refractivity contribution is -0.141. The largest absolute Gasteiger partial charge is 0.504 e. The zero-order chi connectivity index (χ0) is 17.9. The molecule has 0 amide bonds. The monoisotopic (exact) mass is 365 g/mol. The first-order valence-electron chi connectivity index (χ1n) is 8.77. The molecule has 6 heteroatoms. The number of hydrogen-bond acceptors (Lipinski definition) is 5. The Bertz CT molecular complexity index is 737. The van der Waals surface area contributed by atoms with Gasteiger partial charge in [-0.3, -0.25) is 4.79 Å². The van der Waals surface area contributed by atoms with Crippen LogP contribution in [0.3, 0.4) is 0 Å². The van der Waals surface area contributed by atoms with Gasteiger partial charge in [-0.15, -0.1) is 0 Å². The summed E-state index contributed by atoms with van der Waals surface area (Å²) in [6.45, 7) is 0.903. The molecule has 1 unspecified atom stereocenters. The van der Waals surface area contributed by atoms with Crippen LogP contribution in [0.2, 0.25) is 5.02 Å². The van der Waals surface area contributed by atoms with E-state index in [0.29, 0.717) is 29.7 Å². The normalized spacial score (nSPS) is 34.4. The highest BCUT2D eigenvalue weighted by Crippen LogP contribution is 2.59. The second kappa shape index (κ2) is 5.86. The van der Waals surface area contributed by atoms with Gasteiger partial charge < -0.3 is 19.5 Å². The van der Waals surface area contributed by atoms with Crippen molar-refractivity contribution in [2.75, 3.05) is 27.8 Å². The highest BCUT2D eigenvalue weighted by atomic mass is 35.5. The van der Waals surface area contributed by atoms with Gasteiger partial charge >= 0.3 is 0 Å². The van der Waals surface area contributed by atoms with E-state index in [1.54, 1.807) is 13.2 Å². The molecule has 1 N–H and O–H groups in total. The molecule has 0 radical (unpaired) electrons. The number of benzene rings is 1.